The number of carbonyl (C=O) groups excluding carboxylic acids is 2. The number of anilines is 1. The zero-order valence-electron chi connectivity index (χ0n) is 21.7. The van der Waals surface area contributed by atoms with Gasteiger partial charge < -0.3 is 15.1 Å². The molecule has 6 rings (SSSR count). The predicted molar refractivity (Wildman–Crippen MR) is 159 cm³/mol. The summed E-state index contributed by atoms with van der Waals surface area (Å²) in [4.78, 5) is 38.7. The number of hydrogen-bond donors (Lipinski definition) is 1. The van der Waals surface area contributed by atoms with Crippen molar-refractivity contribution >= 4 is 61.7 Å². The molecule has 1 aliphatic rings. The molecule has 208 valence electrons. The average Bonchev–Trinajstić information content (AvgIpc) is 3.62. The fourth-order valence-electron chi connectivity index (χ4n) is 4.65. The fraction of sp³-hybridized carbons (Fsp3) is 0.214. The third-order valence-electron chi connectivity index (χ3n) is 6.78. The maximum Gasteiger partial charge on any atom is 0.254 e. The Labute approximate surface area is 249 Å². The van der Waals surface area contributed by atoms with Crippen molar-refractivity contribution in [3.8, 4) is 0 Å². The molecule has 13 heteroatoms. The number of fused-ring (bicyclic) bond motifs is 1. The second-order valence-corrected chi connectivity index (χ2v) is 11.3. The second-order valence-electron chi connectivity index (χ2n) is 9.48. The highest BCUT2D eigenvalue weighted by Crippen LogP contribution is 2.31. The maximum atomic E-state index is 13.5. The molecule has 0 saturated carbocycles. The molecule has 1 N–H and O–H groups in total. The van der Waals surface area contributed by atoms with Crippen molar-refractivity contribution in [1.29, 1.82) is 0 Å². The van der Waals surface area contributed by atoms with Gasteiger partial charge in [-0.15, -0.1) is 5.10 Å². The normalized spacial score (nSPS) is 13.5. The quantitative estimate of drug-likeness (QED) is 0.271. The first-order valence-electron chi connectivity index (χ1n) is 12.9. The van der Waals surface area contributed by atoms with Crippen LogP contribution in [0.5, 0.6) is 0 Å². The number of halogens is 2. The summed E-state index contributed by atoms with van der Waals surface area (Å²) in [6.45, 7) is 3.13. The Hall–Kier alpha value is -4.06. The highest BCUT2D eigenvalue weighted by molar-refractivity contribution is 7.22. The van der Waals surface area contributed by atoms with Crippen LogP contribution in [-0.4, -0.2) is 67.9 Å². The van der Waals surface area contributed by atoms with Crippen LogP contribution in [0.25, 0.3) is 10.2 Å². The molecule has 10 nitrogen and oxygen atoms in total. The maximum absolute atomic E-state index is 13.5. The zero-order valence-corrected chi connectivity index (χ0v) is 24.0. The number of pyridine rings is 1. The first-order chi connectivity index (χ1) is 19.9. The lowest BCUT2D eigenvalue weighted by Crippen LogP contribution is -2.49. The van der Waals surface area contributed by atoms with Crippen LogP contribution in [0.2, 0.25) is 10.2 Å². The van der Waals surface area contributed by atoms with Crippen LogP contribution in [0.15, 0.2) is 67.0 Å². The van der Waals surface area contributed by atoms with Crippen LogP contribution in [0.1, 0.15) is 32.0 Å². The number of piperazine rings is 1. The number of thiazole rings is 1. The predicted octanol–water partition coefficient (Wildman–Crippen LogP) is 4.53. The topological polar surface area (TPSA) is 109 Å². The van der Waals surface area contributed by atoms with Gasteiger partial charge in [-0.3, -0.25) is 9.59 Å². The van der Waals surface area contributed by atoms with Gasteiger partial charge in [-0.1, -0.05) is 58.0 Å². The number of benzene rings is 2. The van der Waals surface area contributed by atoms with E-state index in [2.05, 4.69) is 25.5 Å². The van der Waals surface area contributed by atoms with Gasteiger partial charge in [0.05, 0.1) is 35.1 Å². The molecular weight excluding hydrogens is 583 g/mol. The molecule has 1 saturated heterocycles. The van der Waals surface area contributed by atoms with Crippen LogP contribution in [0.3, 0.4) is 0 Å². The summed E-state index contributed by atoms with van der Waals surface area (Å²) in [5.74, 6) is -0.362. The van der Waals surface area contributed by atoms with Gasteiger partial charge in [-0.25, -0.2) is 14.6 Å². The summed E-state index contributed by atoms with van der Waals surface area (Å²) in [6.07, 6.45) is 3.27. The van der Waals surface area contributed by atoms with Gasteiger partial charge in [0.15, 0.2) is 5.13 Å². The summed E-state index contributed by atoms with van der Waals surface area (Å²) >= 11 is 13.7. The molecule has 4 heterocycles. The number of nitrogens with zero attached hydrogens (tertiary/aromatic N) is 7. The highest BCUT2D eigenvalue weighted by Gasteiger charge is 2.25. The highest BCUT2D eigenvalue weighted by atomic mass is 35.5. The first kappa shape index (κ1) is 27.1. The van der Waals surface area contributed by atoms with Crippen LogP contribution >= 0.6 is 34.5 Å². The fourth-order valence-corrected chi connectivity index (χ4v) is 6.15. The lowest BCUT2D eigenvalue weighted by Gasteiger charge is -2.34. The molecule has 0 unspecified atom stereocenters. The molecule has 0 spiro atoms. The Kier molecular flexibility index (Phi) is 7.82. The summed E-state index contributed by atoms with van der Waals surface area (Å²) in [7, 11) is 0. The monoisotopic (exact) mass is 606 g/mol. The van der Waals surface area contributed by atoms with Gasteiger partial charge in [0, 0.05) is 43.0 Å². The SMILES string of the molecule is O=C(NCc1cn(Cc2ccccc2C(=O)N2CCN(c3nc4ccc(Cl)cc4s3)CC2)nn1)c1cccnc1Cl. The molecule has 0 bridgehead atoms. The van der Waals surface area contributed by atoms with Crippen LogP contribution in [0, 0.1) is 0 Å². The van der Waals surface area contributed by atoms with Crippen molar-refractivity contribution in [2.75, 3.05) is 31.1 Å². The van der Waals surface area contributed by atoms with Gasteiger partial charge in [0.25, 0.3) is 11.8 Å². The van der Waals surface area contributed by atoms with Crippen molar-refractivity contribution < 1.29 is 9.59 Å². The minimum Gasteiger partial charge on any atom is -0.346 e. The molecule has 2 amide bonds. The van der Waals surface area contributed by atoms with E-state index >= 15 is 0 Å². The van der Waals surface area contributed by atoms with Crippen molar-refractivity contribution in [3.63, 3.8) is 0 Å². The van der Waals surface area contributed by atoms with Crippen molar-refractivity contribution in [3.05, 3.63) is 99.6 Å². The van der Waals surface area contributed by atoms with E-state index < -0.39 is 0 Å². The summed E-state index contributed by atoms with van der Waals surface area (Å²) < 4.78 is 2.71. The van der Waals surface area contributed by atoms with E-state index in [1.54, 1.807) is 34.3 Å². The van der Waals surface area contributed by atoms with Gasteiger partial charge >= 0.3 is 0 Å². The Balaban J connectivity index is 1.07. The summed E-state index contributed by atoms with van der Waals surface area (Å²) in [5, 5.41) is 12.9. The van der Waals surface area contributed by atoms with Crippen molar-refractivity contribution in [2.45, 2.75) is 13.1 Å². The zero-order chi connectivity index (χ0) is 28.3. The molecule has 3 aromatic heterocycles. The van der Waals surface area contributed by atoms with E-state index in [1.165, 1.54) is 6.20 Å². The number of nitrogens with one attached hydrogen (secondary N) is 1. The summed E-state index contributed by atoms with van der Waals surface area (Å²) in [5.41, 5.74) is 3.27. The lowest BCUT2D eigenvalue weighted by molar-refractivity contribution is 0.0745. The molecule has 0 aliphatic carbocycles. The van der Waals surface area contributed by atoms with Crippen LogP contribution in [-0.2, 0) is 13.1 Å². The smallest absolute Gasteiger partial charge is 0.254 e. The number of aromatic nitrogens is 5. The molecule has 2 aromatic carbocycles. The van der Waals surface area contributed by atoms with E-state index in [9.17, 15) is 9.59 Å². The van der Waals surface area contributed by atoms with Crippen molar-refractivity contribution in [1.82, 2.24) is 35.2 Å². The molecule has 0 radical (unpaired) electrons. The first-order valence-corrected chi connectivity index (χ1v) is 14.5. The van der Waals surface area contributed by atoms with E-state index in [-0.39, 0.29) is 23.5 Å². The lowest BCUT2D eigenvalue weighted by atomic mass is 10.1. The standard InChI is InChI=1S/C28H24Cl2N8O2S/c29-19-7-8-23-24(14-19)41-28(33-23)37-12-10-36(11-13-37)27(40)21-5-2-1-4-18(21)16-38-17-20(34-35-38)15-32-26(39)22-6-3-9-31-25(22)30/h1-9,14,17H,10-13,15-16H2,(H,32,39). The molecular formula is C28H24Cl2N8O2S. The Morgan fingerprint density at radius 2 is 1.78 bits per heavy atom. The van der Waals surface area contributed by atoms with Crippen LogP contribution < -0.4 is 10.2 Å². The average molecular weight is 608 g/mol. The third-order valence-corrected chi connectivity index (χ3v) is 8.39. The van der Waals surface area contributed by atoms with E-state index in [1.807, 2.05) is 47.4 Å². The molecule has 0 atom stereocenters. The largest absolute Gasteiger partial charge is 0.346 e. The Bertz CT molecular complexity index is 1730. The minimum atomic E-state index is -0.346. The molecule has 5 aromatic rings. The van der Waals surface area contributed by atoms with Gasteiger partial charge in [-0.05, 0) is 42.0 Å². The third kappa shape index (κ3) is 6.02. The van der Waals surface area contributed by atoms with E-state index in [0.29, 0.717) is 54.6 Å². The van der Waals surface area contributed by atoms with Gasteiger partial charge in [-0.2, -0.15) is 0 Å². The van der Waals surface area contributed by atoms with E-state index in [0.717, 1.165) is 20.9 Å². The van der Waals surface area contributed by atoms with Gasteiger partial charge in [0.2, 0.25) is 0 Å². The molecule has 1 aliphatic heterocycles. The number of hydrogen-bond acceptors (Lipinski definition) is 8. The molecule has 41 heavy (non-hydrogen) atoms. The number of rotatable bonds is 7. The number of carbonyl (C=O) groups is 2. The second kappa shape index (κ2) is 11.8. The van der Waals surface area contributed by atoms with Crippen molar-refractivity contribution in [2.24, 2.45) is 0 Å². The Morgan fingerprint density at radius 3 is 2.61 bits per heavy atom. The van der Waals surface area contributed by atoms with Gasteiger partial charge in [0.1, 0.15) is 10.8 Å². The number of amides is 2. The van der Waals surface area contributed by atoms with Crippen LogP contribution in [0.4, 0.5) is 5.13 Å². The Morgan fingerprint density at radius 1 is 0.976 bits per heavy atom. The van der Waals surface area contributed by atoms with E-state index in [4.69, 9.17) is 28.2 Å². The molecule has 1 fully saturated rings. The minimum absolute atomic E-state index is 0.0164. The summed E-state index contributed by atoms with van der Waals surface area (Å²) in [6, 6.07) is 16.5.